The number of anilines is 1. The van der Waals surface area contributed by atoms with Crippen molar-refractivity contribution in [1.29, 1.82) is 0 Å². The van der Waals surface area contributed by atoms with Gasteiger partial charge in [0.1, 0.15) is 0 Å². The predicted molar refractivity (Wildman–Crippen MR) is 95.7 cm³/mol. The van der Waals surface area contributed by atoms with E-state index in [1.54, 1.807) is 0 Å². The van der Waals surface area contributed by atoms with Gasteiger partial charge in [0.25, 0.3) is 0 Å². The van der Waals surface area contributed by atoms with E-state index >= 15 is 0 Å². The summed E-state index contributed by atoms with van der Waals surface area (Å²) in [5, 5.41) is 3.03. The van der Waals surface area contributed by atoms with Crippen molar-refractivity contribution in [3.05, 3.63) is 29.8 Å². The third-order valence-electron chi connectivity index (χ3n) is 5.40. The fourth-order valence-corrected chi connectivity index (χ4v) is 3.94. The zero-order valence-electron chi connectivity index (χ0n) is 14.6. The van der Waals surface area contributed by atoms with Gasteiger partial charge < -0.3 is 10.2 Å². The molecule has 4 heteroatoms. The maximum absolute atomic E-state index is 12.6. The minimum Gasteiger partial charge on any atom is -0.342 e. The zero-order valence-corrected chi connectivity index (χ0v) is 14.6. The highest BCUT2D eigenvalue weighted by atomic mass is 16.2. The number of benzene rings is 1. The number of amides is 2. The molecule has 4 nitrogen and oxygen atoms in total. The largest absolute Gasteiger partial charge is 0.342 e. The van der Waals surface area contributed by atoms with Gasteiger partial charge in [-0.3, -0.25) is 9.59 Å². The van der Waals surface area contributed by atoms with Crippen molar-refractivity contribution in [3.63, 3.8) is 0 Å². The second-order valence-electron chi connectivity index (χ2n) is 7.29. The Morgan fingerprint density at radius 1 is 1.00 bits per heavy atom. The van der Waals surface area contributed by atoms with Crippen LogP contribution in [0.1, 0.15) is 50.5 Å². The molecule has 1 aromatic rings. The summed E-state index contributed by atoms with van der Waals surface area (Å²) < 4.78 is 0. The molecule has 2 fully saturated rings. The summed E-state index contributed by atoms with van der Waals surface area (Å²) in [4.78, 5) is 27.1. The number of carbonyl (C=O) groups excluding carboxylic acids is 2. The molecular weight excluding hydrogens is 300 g/mol. The van der Waals surface area contributed by atoms with Gasteiger partial charge in [-0.1, -0.05) is 12.1 Å². The Bertz CT molecular complexity index is 585. The van der Waals surface area contributed by atoms with Gasteiger partial charge in [0.05, 0.1) is 0 Å². The summed E-state index contributed by atoms with van der Waals surface area (Å²) >= 11 is 0. The smallest absolute Gasteiger partial charge is 0.227 e. The van der Waals surface area contributed by atoms with E-state index in [4.69, 9.17) is 0 Å². The van der Waals surface area contributed by atoms with E-state index in [2.05, 4.69) is 5.32 Å². The summed E-state index contributed by atoms with van der Waals surface area (Å²) in [7, 11) is 0. The fourth-order valence-electron chi connectivity index (χ4n) is 3.94. The quantitative estimate of drug-likeness (QED) is 0.918. The third-order valence-corrected chi connectivity index (χ3v) is 5.40. The van der Waals surface area contributed by atoms with E-state index in [-0.39, 0.29) is 17.7 Å². The molecule has 0 unspecified atom stereocenters. The van der Waals surface area contributed by atoms with Crippen molar-refractivity contribution >= 4 is 17.5 Å². The average Bonchev–Trinajstić information content (AvgIpc) is 2.62. The maximum Gasteiger partial charge on any atom is 0.227 e. The summed E-state index contributed by atoms with van der Waals surface area (Å²) in [5.41, 5.74) is 2.01. The molecule has 130 valence electrons. The van der Waals surface area contributed by atoms with Crippen LogP contribution in [0.4, 0.5) is 5.69 Å². The number of hydrogen-bond acceptors (Lipinski definition) is 2. The molecule has 1 saturated heterocycles. The van der Waals surface area contributed by atoms with Crippen molar-refractivity contribution in [1.82, 2.24) is 4.90 Å². The Balaban J connectivity index is 1.49. The van der Waals surface area contributed by atoms with E-state index in [9.17, 15) is 9.59 Å². The van der Waals surface area contributed by atoms with Crippen molar-refractivity contribution in [2.75, 3.05) is 18.4 Å². The van der Waals surface area contributed by atoms with Crippen LogP contribution in [-0.4, -0.2) is 29.8 Å². The van der Waals surface area contributed by atoms with Gasteiger partial charge in [0.2, 0.25) is 11.8 Å². The topological polar surface area (TPSA) is 49.4 Å². The van der Waals surface area contributed by atoms with Crippen molar-refractivity contribution < 1.29 is 9.59 Å². The molecule has 1 heterocycles. The standard InChI is InChI=1S/C20H28N2O2/c1-15-6-5-7-18(14-15)21-19(23)16-8-10-17(11-9-16)20(24)22-12-3-2-4-13-22/h5-7,14,16-17H,2-4,8-13H2,1H3,(H,21,23). The van der Waals surface area contributed by atoms with Crippen LogP contribution in [0, 0.1) is 18.8 Å². The first-order valence-corrected chi connectivity index (χ1v) is 9.30. The van der Waals surface area contributed by atoms with E-state index in [1.165, 1.54) is 6.42 Å². The van der Waals surface area contributed by atoms with Gasteiger partial charge in [-0.25, -0.2) is 0 Å². The van der Waals surface area contributed by atoms with Crippen LogP contribution >= 0.6 is 0 Å². The number of aryl methyl sites for hydroxylation is 1. The molecule has 0 bridgehead atoms. The van der Waals surface area contributed by atoms with Crippen LogP contribution in [0.2, 0.25) is 0 Å². The number of nitrogens with zero attached hydrogens (tertiary/aromatic N) is 1. The highest BCUT2D eigenvalue weighted by Gasteiger charge is 2.32. The normalized spacial score (nSPS) is 24.5. The number of rotatable bonds is 3. The van der Waals surface area contributed by atoms with Gasteiger partial charge >= 0.3 is 0 Å². The average molecular weight is 328 g/mol. The van der Waals surface area contributed by atoms with Crippen molar-refractivity contribution in [2.45, 2.75) is 51.9 Å². The van der Waals surface area contributed by atoms with E-state index in [1.807, 2.05) is 36.1 Å². The monoisotopic (exact) mass is 328 g/mol. The van der Waals surface area contributed by atoms with Crippen molar-refractivity contribution in [3.8, 4) is 0 Å². The molecule has 3 rings (SSSR count). The molecule has 1 N–H and O–H groups in total. The first-order chi connectivity index (χ1) is 11.6. The minimum atomic E-state index is 0.0379. The maximum atomic E-state index is 12.6. The molecule has 1 aromatic carbocycles. The number of hydrogen-bond donors (Lipinski definition) is 1. The zero-order chi connectivity index (χ0) is 16.9. The Morgan fingerprint density at radius 3 is 2.33 bits per heavy atom. The molecule has 1 aliphatic heterocycles. The second kappa shape index (κ2) is 7.82. The molecule has 1 aliphatic carbocycles. The first kappa shape index (κ1) is 17.0. The SMILES string of the molecule is Cc1cccc(NC(=O)C2CCC(C(=O)N3CCCCC3)CC2)c1. The molecule has 1 saturated carbocycles. The van der Waals surface area contributed by atoms with Crippen LogP contribution in [0.25, 0.3) is 0 Å². The Kier molecular flexibility index (Phi) is 5.54. The highest BCUT2D eigenvalue weighted by Crippen LogP contribution is 2.31. The minimum absolute atomic E-state index is 0.0379. The van der Waals surface area contributed by atoms with Crippen LogP contribution in [0.5, 0.6) is 0 Å². The third kappa shape index (κ3) is 4.16. The van der Waals surface area contributed by atoms with Gasteiger partial charge in [0.15, 0.2) is 0 Å². The summed E-state index contributed by atoms with van der Waals surface area (Å²) in [6.07, 6.45) is 6.86. The summed E-state index contributed by atoms with van der Waals surface area (Å²) in [5.74, 6) is 0.596. The molecule has 24 heavy (non-hydrogen) atoms. The van der Waals surface area contributed by atoms with E-state index in [0.29, 0.717) is 5.91 Å². The van der Waals surface area contributed by atoms with Crippen LogP contribution in [0.3, 0.4) is 0 Å². The number of piperidine rings is 1. The molecule has 0 spiro atoms. The summed E-state index contributed by atoms with van der Waals surface area (Å²) in [6, 6.07) is 7.89. The number of carbonyl (C=O) groups is 2. The van der Waals surface area contributed by atoms with Gasteiger partial charge in [-0.2, -0.15) is 0 Å². The van der Waals surface area contributed by atoms with Gasteiger partial charge in [0, 0.05) is 30.6 Å². The highest BCUT2D eigenvalue weighted by molar-refractivity contribution is 5.92. The molecule has 0 aromatic heterocycles. The Hall–Kier alpha value is -1.84. The Labute approximate surface area is 144 Å². The fraction of sp³-hybridized carbons (Fsp3) is 0.600. The molecular formula is C20H28N2O2. The van der Waals surface area contributed by atoms with Gasteiger partial charge in [-0.15, -0.1) is 0 Å². The van der Waals surface area contributed by atoms with Crippen molar-refractivity contribution in [2.24, 2.45) is 11.8 Å². The molecule has 2 amide bonds. The lowest BCUT2D eigenvalue weighted by molar-refractivity contribution is -0.138. The Morgan fingerprint density at radius 2 is 1.67 bits per heavy atom. The number of likely N-dealkylation sites (tertiary alicyclic amines) is 1. The molecule has 0 radical (unpaired) electrons. The predicted octanol–water partition coefficient (Wildman–Crippen LogP) is 3.75. The lowest BCUT2D eigenvalue weighted by Gasteiger charge is -2.33. The lowest BCUT2D eigenvalue weighted by Crippen LogP contribution is -2.41. The molecule has 0 atom stereocenters. The molecule has 2 aliphatic rings. The lowest BCUT2D eigenvalue weighted by atomic mass is 9.80. The van der Waals surface area contributed by atoms with E-state index in [0.717, 1.165) is 62.9 Å². The first-order valence-electron chi connectivity index (χ1n) is 9.30. The van der Waals surface area contributed by atoms with E-state index < -0.39 is 0 Å². The number of nitrogens with one attached hydrogen (secondary N) is 1. The summed E-state index contributed by atoms with van der Waals surface area (Å²) in [6.45, 7) is 3.87. The van der Waals surface area contributed by atoms with Crippen LogP contribution in [0.15, 0.2) is 24.3 Å². The van der Waals surface area contributed by atoms with Gasteiger partial charge in [-0.05, 0) is 69.6 Å². The second-order valence-corrected chi connectivity index (χ2v) is 7.29. The van der Waals surface area contributed by atoms with Crippen LogP contribution in [-0.2, 0) is 9.59 Å². The van der Waals surface area contributed by atoms with Crippen LogP contribution < -0.4 is 5.32 Å².